The summed E-state index contributed by atoms with van der Waals surface area (Å²) in [5.41, 5.74) is 5.00. The molecule has 0 radical (unpaired) electrons. The number of aryl methyl sites for hydroxylation is 2. The monoisotopic (exact) mass is 362 g/mol. The van der Waals surface area contributed by atoms with E-state index in [9.17, 15) is 4.79 Å². The number of hydrogen-bond acceptors (Lipinski definition) is 5. The van der Waals surface area contributed by atoms with Crippen molar-refractivity contribution < 1.29 is 0 Å². The van der Waals surface area contributed by atoms with E-state index in [1.54, 1.807) is 17.0 Å². The van der Waals surface area contributed by atoms with Gasteiger partial charge in [0.2, 0.25) is 0 Å². The highest BCUT2D eigenvalue weighted by atomic mass is 32.1. The summed E-state index contributed by atoms with van der Waals surface area (Å²) in [6.07, 6.45) is 8.96. The summed E-state index contributed by atoms with van der Waals surface area (Å²) in [6, 6.07) is 10.5. The van der Waals surface area contributed by atoms with Gasteiger partial charge in [0.25, 0.3) is 5.56 Å². The van der Waals surface area contributed by atoms with Gasteiger partial charge in [-0.2, -0.15) is 0 Å². The third-order valence-electron chi connectivity index (χ3n) is 5.01. The molecule has 1 aromatic carbocycles. The van der Waals surface area contributed by atoms with Crippen LogP contribution in [0.25, 0.3) is 6.08 Å². The van der Waals surface area contributed by atoms with Crippen LogP contribution >= 0.6 is 11.3 Å². The van der Waals surface area contributed by atoms with Crippen LogP contribution in [0.1, 0.15) is 23.1 Å². The number of thiazole rings is 1. The van der Waals surface area contributed by atoms with E-state index in [4.69, 9.17) is 0 Å². The van der Waals surface area contributed by atoms with Crippen LogP contribution in [0.3, 0.4) is 0 Å². The molecule has 130 valence electrons. The second kappa shape index (κ2) is 6.21. The van der Waals surface area contributed by atoms with Crippen molar-refractivity contribution in [3.05, 3.63) is 79.1 Å². The average molecular weight is 362 g/mol. The Morgan fingerprint density at radius 3 is 2.96 bits per heavy atom. The summed E-state index contributed by atoms with van der Waals surface area (Å²) in [4.78, 5) is 24.5. The minimum atomic E-state index is 0.0171. The molecule has 0 bridgehead atoms. The van der Waals surface area contributed by atoms with Gasteiger partial charge in [0.1, 0.15) is 13.3 Å². The summed E-state index contributed by atoms with van der Waals surface area (Å²) >= 11 is 1.45. The van der Waals surface area contributed by atoms with Crippen molar-refractivity contribution in [3.8, 4) is 0 Å². The SMILES string of the molecule is O=c1/c(=C/c2cccnc2)sc2n1CN(c1ccc3c(c1)CCC3)CN=2. The fourth-order valence-electron chi connectivity index (χ4n) is 3.64. The number of rotatable bonds is 2. The van der Waals surface area contributed by atoms with Gasteiger partial charge in [0.05, 0.1) is 4.53 Å². The molecule has 0 amide bonds. The highest BCUT2D eigenvalue weighted by Gasteiger charge is 2.18. The fraction of sp³-hybridized carbons (Fsp3) is 0.250. The van der Waals surface area contributed by atoms with Crippen LogP contribution in [0.15, 0.2) is 52.5 Å². The van der Waals surface area contributed by atoms with E-state index in [0.29, 0.717) is 17.9 Å². The molecule has 0 spiro atoms. The Labute approximate surface area is 154 Å². The van der Waals surface area contributed by atoms with E-state index in [1.807, 2.05) is 18.2 Å². The number of aromatic nitrogens is 2. The lowest BCUT2D eigenvalue weighted by Crippen LogP contribution is -2.42. The van der Waals surface area contributed by atoms with E-state index in [0.717, 1.165) is 22.5 Å². The van der Waals surface area contributed by atoms with Crippen molar-refractivity contribution in [2.24, 2.45) is 4.99 Å². The summed E-state index contributed by atoms with van der Waals surface area (Å²) in [5, 5.41) is 0. The van der Waals surface area contributed by atoms with Gasteiger partial charge in [0, 0.05) is 18.1 Å². The predicted octanol–water partition coefficient (Wildman–Crippen LogP) is 1.68. The van der Waals surface area contributed by atoms with Gasteiger partial charge >= 0.3 is 0 Å². The molecule has 26 heavy (non-hydrogen) atoms. The van der Waals surface area contributed by atoms with Crippen molar-refractivity contribution >= 4 is 23.1 Å². The summed E-state index contributed by atoms with van der Waals surface area (Å²) in [6.45, 7) is 1.14. The number of anilines is 1. The van der Waals surface area contributed by atoms with E-state index in [1.165, 1.54) is 35.3 Å². The van der Waals surface area contributed by atoms with Gasteiger partial charge < -0.3 is 4.90 Å². The molecule has 5 rings (SSSR count). The molecule has 5 nitrogen and oxygen atoms in total. The minimum Gasteiger partial charge on any atom is -0.334 e. The second-order valence-electron chi connectivity index (χ2n) is 6.70. The van der Waals surface area contributed by atoms with Gasteiger partial charge in [-0.25, -0.2) is 4.99 Å². The lowest BCUT2D eigenvalue weighted by Gasteiger charge is -2.26. The molecule has 0 fully saturated rings. The normalized spacial score (nSPS) is 16.3. The summed E-state index contributed by atoms with van der Waals surface area (Å²) in [7, 11) is 0. The Bertz CT molecular complexity index is 1150. The molecule has 0 saturated carbocycles. The number of hydrogen-bond donors (Lipinski definition) is 0. The Kier molecular flexibility index (Phi) is 3.71. The van der Waals surface area contributed by atoms with Crippen molar-refractivity contribution in [2.75, 3.05) is 11.6 Å². The van der Waals surface area contributed by atoms with E-state index >= 15 is 0 Å². The first-order chi connectivity index (χ1) is 12.8. The molecule has 6 heteroatoms. The Morgan fingerprint density at radius 1 is 1.15 bits per heavy atom. The smallest absolute Gasteiger partial charge is 0.271 e. The third kappa shape index (κ3) is 2.66. The molecule has 0 unspecified atom stereocenters. The first-order valence-electron chi connectivity index (χ1n) is 8.80. The Morgan fingerprint density at radius 2 is 2.08 bits per heavy atom. The number of benzene rings is 1. The van der Waals surface area contributed by atoms with Crippen molar-refractivity contribution in [2.45, 2.75) is 25.9 Å². The molecule has 2 aromatic heterocycles. The van der Waals surface area contributed by atoms with Crippen molar-refractivity contribution in [1.82, 2.24) is 9.55 Å². The summed E-state index contributed by atoms with van der Waals surface area (Å²) in [5.74, 6) is 0. The van der Waals surface area contributed by atoms with Gasteiger partial charge in [-0.3, -0.25) is 14.3 Å². The molecule has 0 saturated heterocycles. The van der Waals surface area contributed by atoms with Crippen molar-refractivity contribution in [3.63, 3.8) is 0 Å². The summed E-state index contributed by atoms with van der Waals surface area (Å²) < 4.78 is 2.47. The Hall–Kier alpha value is -2.73. The van der Waals surface area contributed by atoms with Gasteiger partial charge in [0.15, 0.2) is 4.80 Å². The maximum Gasteiger partial charge on any atom is 0.271 e. The van der Waals surface area contributed by atoms with E-state index in [2.05, 4.69) is 33.1 Å². The van der Waals surface area contributed by atoms with Crippen LogP contribution in [-0.4, -0.2) is 16.2 Å². The minimum absolute atomic E-state index is 0.0171. The zero-order valence-electron chi connectivity index (χ0n) is 14.3. The fourth-order valence-corrected chi connectivity index (χ4v) is 4.61. The highest BCUT2D eigenvalue weighted by Crippen LogP contribution is 2.27. The maximum absolute atomic E-state index is 12.8. The number of nitrogens with zero attached hydrogens (tertiary/aromatic N) is 4. The molecular formula is C20H18N4OS. The molecule has 0 N–H and O–H groups in total. The molecule has 1 aliphatic carbocycles. The highest BCUT2D eigenvalue weighted by molar-refractivity contribution is 7.07. The quantitative estimate of drug-likeness (QED) is 0.697. The molecular weight excluding hydrogens is 344 g/mol. The molecule has 1 aliphatic heterocycles. The largest absolute Gasteiger partial charge is 0.334 e. The van der Waals surface area contributed by atoms with Crippen molar-refractivity contribution in [1.29, 1.82) is 0 Å². The first kappa shape index (κ1) is 15.5. The number of fused-ring (bicyclic) bond motifs is 2. The lowest BCUT2D eigenvalue weighted by atomic mass is 10.1. The molecule has 2 aliphatic rings. The average Bonchev–Trinajstić information content (AvgIpc) is 3.27. The standard InChI is InChI=1S/C20H18N4OS/c25-19-18(9-14-3-2-8-21-11-14)26-20-22-12-23(13-24(19)20)17-7-6-15-4-1-5-16(15)10-17/h2-3,6-11H,1,4-5,12-13H2/b18-9-. The van der Waals surface area contributed by atoms with Crippen LogP contribution in [0.5, 0.6) is 0 Å². The van der Waals surface area contributed by atoms with Crippen LogP contribution in [0, 0.1) is 0 Å². The number of pyridine rings is 1. The molecule has 3 heterocycles. The zero-order valence-corrected chi connectivity index (χ0v) is 15.1. The van der Waals surface area contributed by atoms with Crippen LogP contribution in [0.2, 0.25) is 0 Å². The zero-order chi connectivity index (χ0) is 17.5. The lowest BCUT2D eigenvalue weighted by molar-refractivity contribution is 0.569. The topological polar surface area (TPSA) is 50.5 Å². The van der Waals surface area contributed by atoms with E-state index < -0.39 is 0 Å². The van der Waals surface area contributed by atoms with Crippen LogP contribution < -0.4 is 19.8 Å². The second-order valence-corrected chi connectivity index (χ2v) is 7.71. The van der Waals surface area contributed by atoms with Crippen LogP contribution in [-0.2, 0) is 19.5 Å². The molecule has 0 atom stereocenters. The van der Waals surface area contributed by atoms with Gasteiger partial charge in [-0.1, -0.05) is 23.5 Å². The van der Waals surface area contributed by atoms with Gasteiger partial charge in [-0.15, -0.1) is 0 Å². The van der Waals surface area contributed by atoms with Gasteiger partial charge in [-0.05, 0) is 60.2 Å². The first-order valence-corrected chi connectivity index (χ1v) is 9.62. The Balaban J connectivity index is 1.50. The van der Waals surface area contributed by atoms with E-state index in [-0.39, 0.29) is 5.56 Å². The third-order valence-corrected chi connectivity index (χ3v) is 6.05. The maximum atomic E-state index is 12.8. The predicted molar refractivity (Wildman–Crippen MR) is 103 cm³/mol. The molecule has 3 aromatic rings. The van der Waals surface area contributed by atoms with Crippen LogP contribution in [0.4, 0.5) is 5.69 Å².